The summed E-state index contributed by atoms with van der Waals surface area (Å²) in [6.07, 6.45) is 6.95. The Kier molecular flexibility index (Phi) is 11.3. The van der Waals surface area contributed by atoms with Gasteiger partial charge in [0.05, 0.1) is 13.2 Å². The summed E-state index contributed by atoms with van der Waals surface area (Å²) < 4.78 is 10.3. The van der Waals surface area contributed by atoms with Crippen LogP contribution in [-0.2, 0) is 9.47 Å². The average Bonchev–Trinajstić information content (AvgIpc) is 2.16. The SMILES string of the molecule is CCCCCOCOC/C=C\CO. The maximum absolute atomic E-state index is 8.39. The highest BCUT2D eigenvalue weighted by Crippen LogP contribution is 1.93. The Hall–Kier alpha value is -0.380. The zero-order valence-corrected chi connectivity index (χ0v) is 8.37. The van der Waals surface area contributed by atoms with Crippen molar-refractivity contribution in [3.8, 4) is 0 Å². The van der Waals surface area contributed by atoms with Crippen molar-refractivity contribution in [2.45, 2.75) is 26.2 Å². The van der Waals surface area contributed by atoms with Crippen LogP contribution in [0.15, 0.2) is 12.2 Å². The lowest BCUT2D eigenvalue weighted by Gasteiger charge is -2.02. The number of hydrogen-bond acceptors (Lipinski definition) is 3. The molecule has 0 unspecified atom stereocenters. The molecular weight excluding hydrogens is 168 g/mol. The van der Waals surface area contributed by atoms with Gasteiger partial charge in [0.1, 0.15) is 6.79 Å². The van der Waals surface area contributed by atoms with Crippen molar-refractivity contribution >= 4 is 0 Å². The highest BCUT2D eigenvalue weighted by Gasteiger charge is 1.87. The van der Waals surface area contributed by atoms with E-state index in [1.807, 2.05) is 0 Å². The molecule has 0 aromatic carbocycles. The Morgan fingerprint density at radius 3 is 2.69 bits per heavy atom. The molecule has 0 bridgehead atoms. The number of rotatable bonds is 9. The first-order valence-corrected chi connectivity index (χ1v) is 4.83. The fourth-order valence-corrected chi connectivity index (χ4v) is 0.831. The quantitative estimate of drug-likeness (QED) is 0.340. The number of aliphatic hydroxyl groups is 1. The molecule has 1 N–H and O–H groups in total. The molecule has 0 spiro atoms. The third-order valence-electron chi connectivity index (χ3n) is 1.55. The molecule has 0 aliphatic rings. The Bertz CT molecular complexity index is 113. The standard InChI is InChI=1S/C10H20O3/c1-2-3-5-8-12-10-13-9-6-4-7-11/h4,6,11H,2-3,5,7-10H2,1H3/b6-4-. The van der Waals surface area contributed by atoms with Crippen LogP contribution in [-0.4, -0.2) is 31.7 Å². The van der Waals surface area contributed by atoms with Crippen molar-refractivity contribution in [2.75, 3.05) is 26.6 Å². The summed E-state index contributed by atoms with van der Waals surface area (Å²) in [5, 5.41) is 8.39. The monoisotopic (exact) mass is 188 g/mol. The smallest absolute Gasteiger partial charge is 0.147 e. The predicted molar refractivity (Wildman–Crippen MR) is 52.5 cm³/mol. The van der Waals surface area contributed by atoms with Gasteiger partial charge in [-0.05, 0) is 6.42 Å². The second-order valence-electron chi connectivity index (χ2n) is 2.76. The summed E-state index contributed by atoms with van der Waals surface area (Å²) >= 11 is 0. The molecular formula is C10H20O3. The number of hydrogen-bond donors (Lipinski definition) is 1. The van der Waals surface area contributed by atoms with Gasteiger partial charge in [-0.2, -0.15) is 0 Å². The summed E-state index contributed by atoms with van der Waals surface area (Å²) in [5.41, 5.74) is 0. The molecule has 3 nitrogen and oxygen atoms in total. The maximum Gasteiger partial charge on any atom is 0.147 e. The second-order valence-corrected chi connectivity index (χ2v) is 2.76. The van der Waals surface area contributed by atoms with Crippen LogP contribution in [0.5, 0.6) is 0 Å². The minimum Gasteiger partial charge on any atom is -0.392 e. The molecule has 3 heteroatoms. The Morgan fingerprint density at radius 1 is 1.15 bits per heavy atom. The van der Waals surface area contributed by atoms with Crippen LogP contribution < -0.4 is 0 Å². The van der Waals surface area contributed by atoms with Gasteiger partial charge in [0, 0.05) is 6.61 Å². The summed E-state index contributed by atoms with van der Waals surface area (Å²) in [5.74, 6) is 0. The van der Waals surface area contributed by atoms with Crippen molar-refractivity contribution in [3.63, 3.8) is 0 Å². The summed E-state index contributed by atoms with van der Waals surface area (Å²) in [6.45, 7) is 3.86. The minimum atomic E-state index is 0.0702. The van der Waals surface area contributed by atoms with E-state index in [9.17, 15) is 0 Å². The molecule has 0 atom stereocenters. The second kappa shape index (κ2) is 11.6. The van der Waals surface area contributed by atoms with Crippen LogP contribution in [0.1, 0.15) is 26.2 Å². The zero-order chi connectivity index (χ0) is 9.78. The predicted octanol–water partition coefficient (Wildman–Crippen LogP) is 1.72. The van der Waals surface area contributed by atoms with Crippen molar-refractivity contribution in [3.05, 3.63) is 12.2 Å². The molecule has 0 amide bonds. The lowest BCUT2D eigenvalue weighted by Crippen LogP contribution is -2.01. The lowest BCUT2D eigenvalue weighted by molar-refractivity contribution is -0.0448. The van der Waals surface area contributed by atoms with Crippen molar-refractivity contribution in [2.24, 2.45) is 0 Å². The third-order valence-corrected chi connectivity index (χ3v) is 1.55. The van der Waals surface area contributed by atoms with E-state index >= 15 is 0 Å². The third kappa shape index (κ3) is 11.6. The lowest BCUT2D eigenvalue weighted by atomic mass is 10.3. The molecule has 0 aromatic rings. The van der Waals surface area contributed by atoms with Gasteiger partial charge in [0.25, 0.3) is 0 Å². The van der Waals surface area contributed by atoms with Gasteiger partial charge >= 0.3 is 0 Å². The van der Waals surface area contributed by atoms with Crippen LogP contribution in [0.2, 0.25) is 0 Å². The molecule has 0 saturated heterocycles. The molecule has 78 valence electrons. The van der Waals surface area contributed by atoms with Crippen LogP contribution in [0, 0.1) is 0 Å². The molecule has 0 aliphatic carbocycles. The number of unbranched alkanes of at least 4 members (excludes halogenated alkanes) is 2. The summed E-state index contributed by atoms with van der Waals surface area (Å²) in [6, 6.07) is 0. The Labute approximate surface area is 80.4 Å². The topological polar surface area (TPSA) is 38.7 Å². The van der Waals surface area contributed by atoms with Gasteiger partial charge in [0.2, 0.25) is 0 Å². The van der Waals surface area contributed by atoms with E-state index in [0.717, 1.165) is 13.0 Å². The summed E-state index contributed by atoms with van der Waals surface area (Å²) in [7, 11) is 0. The Morgan fingerprint density at radius 2 is 2.00 bits per heavy atom. The first-order valence-electron chi connectivity index (χ1n) is 4.83. The zero-order valence-electron chi connectivity index (χ0n) is 8.37. The molecule has 0 aliphatic heterocycles. The van der Waals surface area contributed by atoms with Crippen LogP contribution >= 0.6 is 0 Å². The van der Waals surface area contributed by atoms with Crippen molar-refractivity contribution in [1.29, 1.82) is 0 Å². The number of ether oxygens (including phenoxy) is 2. The fourth-order valence-electron chi connectivity index (χ4n) is 0.831. The largest absolute Gasteiger partial charge is 0.392 e. The van der Waals surface area contributed by atoms with Crippen LogP contribution in [0.3, 0.4) is 0 Å². The van der Waals surface area contributed by atoms with Gasteiger partial charge in [-0.1, -0.05) is 31.9 Å². The van der Waals surface area contributed by atoms with E-state index < -0.39 is 0 Å². The molecule has 0 radical (unpaired) electrons. The van der Waals surface area contributed by atoms with Gasteiger partial charge < -0.3 is 14.6 Å². The molecule has 0 rings (SSSR count). The van der Waals surface area contributed by atoms with E-state index in [1.54, 1.807) is 12.2 Å². The first kappa shape index (κ1) is 12.6. The summed E-state index contributed by atoms with van der Waals surface area (Å²) in [4.78, 5) is 0. The van der Waals surface area contributed by atoms with Gasteiger partial charge in [-0.25, -0.2) is 0 Å². The van der Waals surface area contributed by atoms with Gasteiger partial charge in [-0.15, -0.1) is 0 Å². The van der Waals surface area contributed by atoms with Crippen LogP contribution in [0.4, 0.5) is 0 Å². The first-order chi connectivity index (χ1) is 6.41. The van der Waals surface area contributed by atoms with E-state index in [1.165, 1.54) is 12.8 Å². The maximum atomic E-state index is 8.39. The van der Waals surface area contributed by atoms with E-state index in [2.05, 4.69) is 6.92 Å². The highest BCUT2D eigenvalue weighted by molar-refractivity contribution is 4.79. The van der Waals surface area contributed by atoms with E-state index in [0.29, 0.717) is 13.4 Å². The Balaban J connectivity index is 2.87. The van der Waals surface area contributed by atoms with Crippen LogP contribution in [0.25, 0.3) is 0 Å². The van der Waals surface area contributed by atoms with Gasteiger partial charge in [-0.3, -0.25) is 0 Å². The highest BCUT2D eigenvalue weighted by atomic mass is 16.7. The average molecular weight is 188 g/mol. The van der Waals surface area contributed by atoms with E-state index in [4.69, 9.17) is 14.6 Å². The molecule has 13 heavy (non-hydrogen) atoms. The normalized spacial score (nSPS) is 11.2. The van der Waals surface area contributed by atoms with Crippen molar-refractivity contribution < 1.29 is 14.6 Å². The minimum absolute atomic E-state index is 0.0702. The van der Waals surface area contributed by atoms with E-state index in [-0.39, 0.29) is 6.61 Å². The van der Waals surface area contributed by atoms with Gasteiger partial charge in [0.15, 0.2) is 0 Å². The number of aliphatic hydroxyl groups excluding tert-OH is 1. The molecule has 0 saturated carbocycles. The van der Waals surface area contributed by atoms with Crippen molar-refractivity contribution in [1.82, 2.24) is 0 Å². The molecule has 0 heterocycles. The molecule has 0 fully saturated rings. The fraction of sp³-hybridized carbons (Fsp3) is 0.800. The molecule has 0 aromatic heterocycles.